The Kier molecular flexibility index (Phi) is 4.94. The monoisotopic (exact) mass is 340 g/mol. The number of nitrogens with zero attached hydrogens (tertiary/aromatic N) is 2. The van der Waals surface area contributed by atoms with E-state index in [0.29, 0.717) is 12.4 Å². The van der Waals surface area contributed by atoms with Crippen LogP contribution < -0.4 is 10.6 Å². The lowest BCUT2D eigenvalue weighted by Gasteiger charge is -2.08. The van der Waals surface area contributed by atoms with Crippen molar-refractivity contribution in [2.45, 2.75) is 6.54 Å². The maximum absolute atomic E-state index is 13.2. The zero-order chi connectivity index (χ0) is 17.6. The smallest absolute Gasteiger partial charge is 0.256 e. The molecule has 7 heteroatoms. The van der Waals surface area contributed by atoms with Gasteiger partial charge in [-0.15, -0.1) is 0 Å². The van der Waals surface area contributed by atoms with Crippen LogP contribution in [-0.4, -0.2) is 15.9 Å². The van der Waals surface area contributed by atoms with Gasteiger partial charge in [-0.05, 0) is 42.0 Å². The summed E-state index contributed by atoms with van der Waals surface area (Å²) in [4.78, 5) is 20.2. The molecule has 0 radical (unpaired) electrons. The minimum Gasteiger partial charge on any atom is -0.380 e. The third-order valence-corrected chi connectivity index (χ3v) is 3.41. The fourth-order valence-corrected chi connectivity index (χ4v) is 2.11. The molecule has 0 aliphatic carbocycles. The molecule has 0 atom stereocenters. The molecule has 2 N–H and O–H groups in total. The van der Waals surface area contributed by atoms with Crippen molar-refractivity contribution < 1.29 is 13.6 Å². The van der Waals surface area contributed by atoms with E-state index in [1.807, 2.05) is 12.1 Å². The number of hydrogen-bond acceptors (Lipinski definition) is 4. The van der Waals surface area contributed by atoms with Crippen molar-refractivity contribution in [3.8, 4) is 0 Å². The van der Waals surface area contributed by atoms with Crippen LogP contribution in [-0.2, 0) is 6.54 Å². The third-order valence-electron chi connectivity index (χ3n) is 3.41. The molecule has 3 aromatic rings. The normalized spacial score (nSPS) is 10.3. The number of anilines is 2. The summed E-state index contributed by atoms with van der Waals surface area (Å²) in [5, 5.41) is 5.71. The summed E-state index contributed by atoms with van der Waals surface area (Å²) in [6.45, 7) is 0.593. The van der Waals surface area contributed by atoms with E-state index in [-0.39, 0.29) is 5.56 Å². The Hall–Kier alpha value is -3.35. The number of hydrogen-bond donors (Lipinski definition) is 2. The Morgan fingerprint density at radius 2 is 1.92 bits per heavy atom. The molecule has 0 fully saturated rings. The van der Waals surface area contributed by atoms with Gasteiger partial charge in [-0.1, -0.05) is 6.07 Å². The third kappa shape index (κ3) is 4.35. The number of halogens is 2. The van der Waals surface area contributed by atoms with Crippen LogP contribution >= 0.6 is 0 Å². The van der Waals surface area contributed by atoms with Gasteiger partial charge in [-0.3, -0.25) is 9.78 Å². The molecule has 0 spiro atoms. The largest absolute Gasteiger partial charge is 0.380 e. The fourth-order valence-electron chi connectivity index (χ4n) is 2.11. The van der Waals surface area contributed by atoms with Gasteiger partial charge in [0.15, 0.2) is 11.6 Å². The van der Waals surface area contributed by atoms with Crippen molar-refractivity contribution in [3.63, 3.8) is 0 Å². The van der Waals surface area contributed by atoms with Gasteiger partial charge < -0.3 is 10.6 Å². The summed E-state index contributed by atoms with van der Waals surface area (Å²) in [5.41, 5.74) is 1.81. The van der Waals surface area contributed by atoms with Gasteiger partial charge in [0.2, 0.25) is 0 Å². The van der Waals surface area contributed by atoms with Crippen molar-refractivity contribution in [1.29, 1.82) is 0 Å². The molecule has 0 unspecified atom stereocenters. The lowest BCUT2D eigenvalue weighted by molar-refractivity contribution is 0.102. The van der Waals surface area contributed by atoms with Crippen LogP contribution in [0.15, 0.2) is 61.1 Å². The second-order valence-electron chi connectivity index (χ2n) is 5.23. The van der Waals surface area contributed by atoms with Crippen LogP contribution in [0.5, 0.6) is 0 Å². The first-order valence-electron chi connectivity index (χ1n) is 7.47. The Bertz CT molecular complexity index is 870. The summed E-state index contributed by atoms with van der Waals surface area (Å²) in [5.74, 6) is -2.33. The molecule has 0 aliphatic rings. The molecule has 2 aromatic heterocycles. The quantitative estimate of drug-likeness (QED) is 0.744. The first-order valence-corrected chi connectivity index (χ1v) is 7.47. The molecule has 0 aliphatic heterocycles. The van der Waals surface area contributed by atoms with Crippen molar-refractivity contribution >= 4 is 17.4 Å². The second kappa shape index (κ2) is 7.48. The molecular formula is C18H14F2N4O. The Morgan fingerprint density at radius 1 is 1.04 bits per heavy atom. The summed E-state index contributed by atoms with van der Waals surface area (Å²) < 4.78 is 26.1. The average Bonchev–Trinajstić information content (AvgIpc) is 2.64. The SMILES string of the molecule is O=C(Nc1ccc(NCc2cccnc2)cn1)c1ccc(F)c(F)c1. The van der Waals surface area contributed by atoms with Crippen LogP contribution in [0.25, 0.3) is 0 Å². The summed E-state index contributed by atoms with van der Waals surface area (Å²) >= 11 is 0. The molecule has 1 aromatic carbocycles. The van der Waals surface area contributed by atoms with Gasteiger partial charge in [0.05, 0.1) is 11.9 Å². The molecular weight excluding hydrogens is 326 g/mol. The number of aromatic nitrogens is 2. The standard InChI is InChI=1S/C18H14F2N4O/c19-15-5-3-13(8-16(15)20)18(25)24-17-6-4-14(11-23-17)22-10-12-2-1-7-21-9-12/h1-9,11,22H,10H2,(H,23,24,25). The predicted molar refractivity (Wildman–Crippen MR) is 90.1 cm³/mol. The molecule has 0 saturated heterocycles. The molecule has 1 amide bonds. The molecule has 3 rings (SSSR count). The Morgan fingerprint density at radius 3 is 2.60 bits per heavy atom. The lowest BCUT2D eigenvalue weighted by Crippen LogP contribution is -2.13. The van der Waals surface area contributed by atoms with Crippen molar-refractivity contribution in [2.75, 3.05) is 10.6 Å². The number of nitrogens with one attached hydrogen (secondary N) is 2. The van der Waals surface area contributed by atoms with Crippen LogP contribution in [0.2, 0.25) is 0 Å². The van der Waals surface area contributed by atoms with Crippen molar-refractivity contribution in [1.82, 2.24) is 9.97 Å². The van der Waals surface area contributed by atoms with Crippen molar-refractivity contribution in [3.05, 3.63) is 83.8 Å². The number of benzene rings is 1. The molecule has 126 valence electrons. The first kappa shape index (κ1) is 16.5. The van der Waals surface area contributed by atoms with E-state index < -0.39 is 17.5 Å². The highest BCUT2D eigenvalue weighted by Crippen LogP contribution is 2.14. The van der Waals surface area contributed by atoms with Crippen LogP contribution in [0.3, 0.4) is 0 Å². The maximum Gasteiger partial charge on any atom is 0.256 e. The lowest BCUT2D eigenvalue weighted by atomic mass is 10.2. The molecule has 0 bridgehead atoms. The number of carbonyl (C=O) groups excluding carboxylic acids is 1. The van der Waals surface area contributed by atoms with Crippen molar-refractivity contribution in [2.24, 2.45) is 0 Å². The highest BCUT2D eigenvalue weighted by molar-refractivity contribution is 6.03. The van der Waals surface area contributed by atoms with E-state index in [9.17, 15) is 13.6 Å². The molecule has 25 heavy (non-hydrogen) atoms. The van der Waals surface area contributed by atoms with E-state index in [1.165, 1.54) is 6.07 Å². The van der Waals surface area contributed by atoms with Gasteiger partial charge in [0.25, 0.3) is 5.91 Å². The van der Waals surface area contributed by atoms with Crippen LogP contribution in [0, 0.1) is 11.6 Å². The van der Waals surface area contributed by atoms with Gasteiger partial charge in [-0.25, -0.2) is 13.8 Å². The highest BCUT2D eigenvalue weighted by atomic mass is 19.2. The van der Waals surface area contributed by atoms with Gasteiger partial charge in [0.1, 0.15) is 5.82 Å². The van der Waals surface area contributed by atoms with E-state index in [0.717, 1.165) is 23.4 Å². The highest BCUT2D eigenvalue weighted by Gasteiger charge is 2.10. The maximum atomic E-state index is 13.2. The Balaban J connectivity index is 1.60. The van der Waals surface area contributed by atoms with Gasteiger partial charge in [-0.2, -0.15) is 0 Å². The summed E-state index contributed by atoms with van der Waals surface area (Å²) in [6.07, 6.45) is 5.03. The number of pyridine rings is 2. The molecule has 2 heterocycles. The minimum absolute atomic E-state index is 0.0134. The van der Waals surface area contributed by atoms with E-state index >= 15 is 0 Å². The van der Waals surface area contributed by atoms with Crippen LogP contribution in [0.1, 0.15) is 15.9 Å². The molecule has 0 saturated carbocycles. The Labute approximate surface area is 142 Å². The zero-order valence-electron chi connectivity index (χ0n) is 13.0. The first-order chi connectivity index (χ1) is 12.1. The average molecular weight is 340 g/mol. The van der Waals surface area contributed by atoms with E-state index in [1.54, 1.807) is 30.7 Å². The van der Waals surface area contributed by atoms with E-state index in [2.05, 4.69) is 20.6 Å². The van der Waals surface area contributed by atoms with Gasteiger partial charge in [0, 0.05) is 24.5 Å². The fraction of sp³-hybridized carbons (Fsp3) is 0.0556. The number of carbonyl (C=O) groups is 1. The van der Waals surface area contributed by atoms with Crippen LogP contribution in [0.4, 0.5) is 20.3 Å². The van der Waals surface area contributed by atoms with E-state index in [4.69, 9.17) is 0 Å². The van der Waals surface area contributed by atoms with Gasteiger partial charge >= 0.3 is 0 Å². The minimum atomic E-state index is -1.07. The molecule has 5 nitrogen and oxygen atoms in total. The summed E-state index contributed by atoms with van der Waals surface area (Å²) in [7, 11) is 0. The number of rotatable bonds is 5. The zero-order valence-corrected chi connectivity index (χ0v) is 13.0. The number of amides is 1. The topological polar surface area (TPSA) is 66.9 Å². The predicted octanol–water partition coefficient (Wildman–Crippen LogP) is 3.62. The second-order valence-corrected chi connectivity index (χ2v) is 5.23. The summed E-state index contributed by atoms with van der Waals surface area (Å²) in [6, 6.07) is 10.1.